The zero-order chi connectivity index (χ0) is 14.4. The zero-order valence-electron chi connectivity index (χ0n) is 11.8. The van der Waals surface area contributed by atoms with Gasteiger partial charge in [0.25, 0.3) is 0 Å². The average molecular weight is 274 g/mol. The van der Waals surface area contributed by atoms with E-state index in [0.717, 1.165) is 24.2 Å². The molecule has 0 atom stereocenters. The van der Waals surface area contributed by atoms with E-state index in [-0.39, 0.29) is 11.6 Å². The first-order valence-electron chi connectivity index (χ1n) is 6.79. The third-order valence-electron chi connectivity index (χ3n) is 2.93. The summed E-state index contributed by atoms with van der Waals surface area (Å²) in [6.07, 6.45) is 2.74. The number of hydrogen-bond acceptors (Lipinski definition) is 3. The Labute approximate surface area is 118 Å². The molecule has 106 valence electrons. The molecule has 0 saturated heterocycles. The largest absolute Gasteiger partial charge is 0.452 e. The van der Waals surface area contributed by atoms with Crippen LogP contribution in [0, 0.1) is 12.7 Å². The van der Waals surface area contributed by atoms with E-state index in [1.807, 2.05) is 13.0 Å². The molecule has 0 saturated carbocycles. The van der Waals surface area contributed by atoms with Crippen LogP contribution in [0.5, 0.6) is 11.5 Å². The number of benzene rings is 1. The molecule has 2 aromatic rings. The lowest BCUT2D eigenvalue weighted by atomic mass is 10.2. The monoisotopic (exact) mass is 274 g/mol. The fraction of sp³-hybridized carbons (Fsp3) is 0.312. The van der Waals surface area contributed by atoms with Gasteiger partial charge < -0.3 is 10.1 Å². The minimum absolute atomic E-state index is 0.223. The van der Waals surface area contributed by atoms with Crippen molar-refractivity contribution in [3.63, 3.8) is 0 Å². The van der Waals surface area contributed by atoms with E-state index in [1.54, 1.807) is 24.4 Å². The molecule has 0 bridgehead atoms. The Kier molecular flexibility index (Phi) is 5.07. The zero-order valence-corrected chi connectivity index (χ0v) is 11.8. The molecule has 1 heterocycles. The van der Waals surface area contributed by atoms with Crippen LogP contribution < -0.4 is 10.1 Å². The number of nitrogens with one attached hydrogen (secondary N) is 1. The lowest BCUT2D eigenvalue weighted by Gasteiger charge is -2.10. The Morgan fingerprint density at radius 3 is 2.80 bits per heavy atom. The molecule has 0 aliphatic heterocycles. The molecule has 0 aliphatic rings. The second kappa shape index (κ2) is 7.01. The molecule has 0 spiro atoms. The van der Waals surface area contributed by atoms with E-state index in [9.17, 15) is 4.39 Å². The Hall–Kier alpha value is -1.94. The normalized spacial score (nSPS) is 10.6. The Bertz CT molecular complexity index is 572. The first-order chi connectivity index (χ1) is 9.70. The third kappa shape index (κ3) is 3.78. The second-order valence-electron chi connectivity index (χ2n) is 4.63. The molecule has 0 unspecified atom stereocenters. The number of ether oxygens (including phenoxy) is 1. The molecule has 4 heteroatoms. The van der Waals surface area contributed by atoms with Crippen molar-refractivity contribution in [2.45, 2.75) is 26.8 Å². The van der Waals surface area contributed by atoms with E-state index in [0.29, 0.717) is 12.3 Å². The number of aryl methyl sites for hydroxylation is 1. The van der Waals surface area contributed by atoms with Crippen molar-refractivity contribution in [2.24, 2.45) is 0 Å². The van der Waals surface area contributed by atoms with Crippen LogP contribution in [0.3, 0.4) is 0 Å². The molecule has 20 heavy (non-hydrogen) atoms. The summed E-state index contributed by atoms with van der Waals surface area (Å²) in [5, 5.41) is 3.24. The highest BCUT2D eigenvalue weighted by Crippen LogP contribution is 2.26. The van der Waals surface area contributed by atoms with Crippen LogP contribution >= 0.6 is 0 Å². The van der Waals surface area contributed by atoms with E-state index in [1.165, 1.54) is 6.07 Å². The molecule has 0 aliphatic carbocycles. The summed E-state index contributed by atoms with van der Waals surface area (Å²) in [6.45, 7) is 5.52. The highest BCUT2D eigenvalue weighted by atomic mass is 19.1. The van der Waals surface area contributed by atoms with Gasteiger partial charge in [0.2, 0.25) is 0 Å². The van der Waals surface area contributed by atoms with Crippen LogP contribution in [0.15, 0.2) is 36.5 Å². The molecule has 0 radical (unpaired) electrons. The van der Waals surface area contributed by atoms with E-state index in [4.69, 9.17) is 4.74 Å². The summed E-state index contributed by atoms with van der Waals surface area (Å²) >= 11 is 0. The SMILES string of the molecule is CCCNCc1ccc(Oc2cccnc2C)c(F)c1. The second-order valence-corrected chi connectivity index (χ2v) is 4.63. The first kappa shape index (κ1) is 14.5. The Morgan fingerprint density at radius 2 is 2.10 bits per heavy atom. The first-order valence-corrected chi connectivity index (χ1v) is 6.79. The Balaban J connectivity index is 2.08. The number of aromatic nitrogens is 1. The van der Waals surface area contributed by atoms with Gasteiger partial charge in [-0.15, -0.1) is 0 Å². The van der Waals surface area contributed by atoms with Crippen molar-refractivity contribution >= 4 is 0 Å². The maximum absolute atomic E-state index is 14.0. The van der Waals surface area contributed by atoms with Crippen molar-refractivity contribution in [1.29, 1.82) is 0 Å². The van der Waals surface area contributed by atoms with E-state index in [2.05, 4.69) is 17.2 Å². The lowest BCUT2D eigenvalue weighted by Crippen LogP contribution is -2.13. The van der Waals surface area contributed by atoms with Gasteiger partial charge in [0.15, 0.2) is 11.6 Å². The minimum atomic E-state index is -0.357. The summed E-state index contributed by atoms with van der Waals surface area (Å²) in [6, 6.07) is 8.57. The molecule has 1 N–H and O–H groups in total. The molecule has 1 aromatic heterocycles. The summed E-state index contributed by atoms with van der Waals surface area (Å²) < 4.78 is 19.6. The smallest absolute Gasteiger partial charge is 0.166 e. The molecule has 2 rings (SSSR count). The van der Waals surface area contributed by atoms with Crippen LogP contribution in [-0.4, -0.2) is 11.5 Å². The van der Waals surface area contributed by atoms with Gasteiger partial charge in [0.1, 0.15) is 5.75 Å². The van der Waals surface area contributed by atoms with Gasteiger partial charge in [-0.1, -0.05) is 13.0 Å². The summed E-state index contributed by atoms with van der Waals surface area (Å²) in [5.41, 5.74) is 1.65. The molecule has 0 amide bonds. The molecular weight excluding hydrogens is 255 g/mol. The van der Waals surface area contributed by atoms with Gasteiger partial charge in [-0.25, -0.2) is 4.39 Å². The van der Waals surface area contributed by atoms with E-state index < -0.39 is 0 Å². The summed E-state index contributed by atoms with van der Waals surface area (Å²) in [7, 11) is 0. The Morgan fingerprint density at radius 1 is 1.25 bits per heavy atom. The van der Waals surface area contributed by atoms with Crippen molar-refractivity contribution < 1.29 is 9.13 Å². The fourth-order valence-corrected chi connectivity index (χ4v) is 1.84. The predicted octanol–water partition coefficient (Wildman–Crippen LogP) is 3.82. The van der Waals surface area contributed by atoms with Gasteiger partial charge in [-0.05, 0) is 49.7 Å². The number of halogens is 1. The average Bonchev–Trinajstić information content (AvgIpc) is 2.44. The van der Waals surface area contributed by atoms with Crippen LogP contribution in [-0.2, 0) is 6.54 Å². The number of rotatable bonds is 6. The van der Waals surface area contributed by atoms with E-state index >= 15 is 0 Å². The summed E-state index contributed by atoms with van der Waals surface area (Å²) in [4.78, 5) is 4.11. The summed E-state index contributed by atoms with van der Waals surface area (Å²) in [5.74, 6) is 0.438. The van der Waals surface area contributed by atoms with Crippen molar-refractivity contribution in [3.8, 4) is 11.5 Å². The van der Waals surface area contributed by atoms with Gasteiger partial charge in [0, 0.05) is 12.7 Å². The van der Waals surface area contributed by atoms with Crippen LogP contribution in [0.4, 0.5) is 4.39 Å². The van der Waals surface area contributed by atoms with Crippen molar-refractivity contribution in [3.05, 3.63) is 53.6 Å². The lowest BCUT2D eigenvalue weighted by molar-refractivity contribution is 0.436. The van der Waals surface area contributed by atoms with Crippen LogP contribution in [0.1, 0.15) is 24.6 Å². The highest BCUT2D eigenvalue weighted by molar-refractivity contribution is 5.35. The number of pyridine rings is 1. The van der Waals surface area contributed by atoms with Crippen LogP contribution in [0.25, 0.3) is 0 Å². The van der Waals surface area contributed by atoms with Crippen molar-refractivity contribution in [2.75, 3.05) is 6.54 Å². The maximum atomic E-state index is 14.0. The molecule has 0 fully saturated rings. The van der Waals surface area contributed by atoms with Gasteiger partial charge in [-0.3, -0.25) is 4.98 Å². The quantitative estimate of drug-likeness (QED) is 0.813. The fourth-order valence-electron chi connectivity index (χ4n) is 1.84. The standard InChI is InChI=1S/C16H19FN2O/c1-3-8-18-11-13-6-7-16(14(17)10-13)20-15-5-4-9-19-12(15)2/h4-7,9-10,18H,3,8,11H2,1-2H3. The predicted molar refractivity (Wildman–Crippen MR) is 77.4 cm³/mol. The minimum Gasteiger partial charge on any atom is -0.452 e. The van der Waals surface area contributed by atoms with Crippen LogP contribution in [0.2, 0.25) is 0 Å². The topological polar surface area (TPSA) is 34.1 Å². The van der Waals surface area contributed by atoms with Gasteiger partial charge in [0.05, 0.1) is 5.69 Å². The van der Waals surface area contributed by atoms with Crippen molar-refractivity contribution in [1.82, 2.24) is 10.3 Å². The molecule has 3 nitrogen and oxygen atoms in total. The molecular formula is C16H19FN2O. The maximum Gasteiger partial charge on any atom is 0.166 e. The van der Waals surface area contributed by atoms with Gasteiger partial charge >= 0.3 is 0 Å². The number of hydrogen-bond donors (Lipinski definition) is 1. The highest BCUT2D eigenvalue weighted by Gasteiger charge is 2.08. The number of nitrogens with zero attached hydrogens (tertiary/aromatic N) is 1. The third-order valence-corrected chi connectivity index (χ3v) is 2.93. The van der Waals surface area contributed by atoms with Gasteiger partial charge in [-0.2, -0.15) is 0 Å². The molecule has 1 aromatic carbocycles.